The number of nitrogens with one attached hydrogen (secondary N) is 1. The van der Waals surface area contributed by atoms with Crippen LogP contribution in [0.3, 0.4) is 0 Å². The summed E-state index contributed by atoms with van der Waals surface area (Å²) in [7, 11) is 2.11. The molecule has 1 amide bonds. The van der Waals surface area contributed by atoms with E-state index in [1.165, 1.54) is 0 Å². The minimum atomic E-state index is 0.224. The maximum absolute atomic E-state index is 11.9. The van der Waals surface area contributed by atoms with Gasteiger partial charge in [-0.1, -0.05) is 19.3 Å². The highest BCUT2D eigenvalue weighted by Gasteiger charge is 2.22. The van der Waals surface area contributed by atoms with Gasteiger partial charge < -0.3 is 15.0 Å². The molecule has 1 aliphatic rings. The minimum Gasteiger partial charge on any atom is -0.356 e. The van der Waals surface area contributed by atoms with Gasteiger partial charge in [0.15, 0.2) is 0 Å². The Morgan fingerprint density at radius 3 is 2.30 bits per heavy atom. The quantitative estimate of drug-likeness (QED) is 0.661. The Bertz CT molecular complexity index is 297. The van der Waals surface area contributed by atoms with Crippen LogP contribution in [0.25, 0.3) is 0 Å². The van der Waals surface area contributed by atoms with Crippen molar-refractivity contribution in [2.75, 3.05) is 26.7 Å². The predicted octanol–water partition coefficient (Wildman–Crippen LogP) is 2.37. The molecule has 0 aromatic carbocycles. The van der Waals surface area contributed by atoms with Crippen molar-refractivity contribution in [2.24, 2.45) is 5.92 Å². The molecule has 20 heavy (non-hydrogen) atoms. The van der Waals surface area contributed by atoms with Crippen LogP contribution >= 0.6 is 0 Å². The number of Topliss-reactive ketones (excluding diaryl/α,β-unsaturated/α-hetero) is 1. The van der Waals surface area contributed by atoms with Crippen molar-refractivity contribution in [3.8, 4) is 0 Å². The van der Waals surface area contributed by atoms with Gasteiger partial charge in [0.05, 0.1) is 0 Å². The largest absolute Gasteiger partial charge is 0.356 e. The minimum absolute atomic E-state index is 0.224. The van der Waals surface area contributed by atoms with Crippen LogP contribution in [0, 0.1) is 5.92 Å². The van der Waals surface area contributed by atoms with Crippen LogP contribution in [0.2, 0.25) is 0 Å². The first-order valence-corrected chi connectivity index (χ1v) is 8.05. The maximum atomic E-state index is 11.9. The highest BCUT2D eigenvalue weighted by molar-refractivity contribution is 5.78. The second-order valence-electron chi connectivity index (χ2n) is 6.09. The van der Waals surface area contributed by atoms with E-state index in [9.17, 15) is 9.59 Å². The Kier molecular flexibility index (Phi) is 8.51. The Balaban J connectivity index is 1.93. The molecule has 0 unspecified atom stereocenters. The summed E-state index contributed by atoms with van der Waals surface area (Å²) in [5, 5.41) is 3.06. The lowest BCUT2D eigenvalue weighted by Gasteiger charge is -2.28. The zero-order valence-electron chi connectivity index (χ0n) is 13.1. The van der Waals surface area contributed by atoms with Crippen LogP contribution in [0.1, 0.15) is 58.3 Å². The predicted molar refractivity (Wildman–Crippen MR) is 81.6 cm³/mol. The summed E-state index contributed by atoms with van der Waals surface area (Å²) in [5.74, 6) is 0.756. The van der Waals surface area contributed by atoms with Gasteiger partial charge in [0.2, 0.25) is 5.91 Å². The zero-order valence-corrected chi connectivity index (χ0v) is 13.1. The van der Waals surface area contributed by atoms with Crippen LogP contribution in [0.4, 0.5) is 0 Å². The first-order chi connectivity index (χ1) is 9.59. The third-order valence-electron chi connectivity index (χ3n) is 4.09. The summed E-state index contributed by atoms with van der Waals surface area (Å²) in [5.41, 5.74) is 0. The summed E-state index contributed by atoms with van der Waals surface area (Å²) in [6, 6.07) is 0. The molecule has 1 fully saturated rings. The number of nitrogens with zero attached hydrogens (tertiary/aromatic N) is 1. The van der Waals surface area contributed by atoms with Crippen LogP contribution in [-0.4, -0.2) is 43.3 Å². The highest BCUT2D eigenvalue weighted by Crippen LogP contribution is 2.15. The second kappa shape index (κ2) is 9.92. The van der Waals surface area contributed by atoms with Crippen molar-refractivity contribution in [3.63, 3.8) is 0 Å². The van der Waals surface area contributed by atoms with E-state index < -0.39 is 0 Å². The summed E-state index contributed by atoms with van der Waals surface area (Å²) in [6.07, 6.45) is 8.20. The van der Waals surface area contributed by atoms with Crippen molar-refractivity contribution in [3.05, 3.63) is 0 Å². The molecule has 0 bridgehead atoms. The molecule has 1 rings (SSSR count). The van der Waals surface area contributed by atoms with E-state index in [1.807, 2.05) is 0 Å². The molecule has 4 nitrogen and oxygen atoms in total. The van der Waals surface area contributed by atoms with E-state index in [2.05, 4.69) is 17.3 Å². The van der Waals surface area contributed by atoms with Gasteiger partial charge in [0.1, 0.15) is 5.78 Å². The molecular weight excluding hydrogens is 252 g/mol. The molecule has 0 saturated carbocycles. The molecule has 116 valence electrons. The molecule has 1 saturated heterocycles. The summed E-state index contributed by atoms with van der Waals surface area (Å²) >= 11 is 0. The Labute approximate surface area is 123 Å². The first-order valence-electron chi connectivity index (χ1n) is 8.05. The fraction of sp³-hybridized carbons (Fsp3) is 0.875. The average molecular weight is 282 g/mol. The zero-order chi connectivity index (χ0) is 14.8. The van der Waals surface area contributed by atoms with Gasteiger partial charge in [0, 0.05) is 18.9 Å². The molecule has 0 aliphatic carbocycles. The molecule has 4 heteroatoms. The summed E-state index contributed by atoms with van der Waals surface area (Å²) in [6.45, 7) is 4.53. The number of hydrogen-bond donors (Lipinski definition) is 1. The standard InChI is InChI=1S/C16H30N2O2/c1-14(19)8-6-4-3-5-7-11-17-16(20)15-9-12-18(2)13-10-15/h15H,3-13H2,1-2H3,(H,17,20). The van der Waals surface area contributed by atoms with Gasteiger partial charge in [-0.3, -0.25) is 4.79 Å². The average Bonchev–Trinajstić information content (AvgIpc) is 2.42. The lowest BCUT2D eigenvalue weighted by molar-refractivity contribution is -0.126. The Hall–Kier alpha value is -0.900. The van der Waals surface area contributed by atoms with Crippen molar-refractivity contribution in [2.45, 2.75) is 58.3 Å². The van der Waals surface area contributed by atoms with Gasteiger partial charge in [-0.15, -0.1) is 0 Å². The van der Waals surface area contributed by atoms with Crippen LogP contribution < -0.4 is 5.32 Å². The van der Waals surface area contributed by atoms with Gasteiger partial charge >= 0.3 is 0 Å². The molecule has 1 aliphatic heterocycles. The lowest BCUT2D eigenvalue weighted by atomic mass is 9.96. The molecule has 0 spiro atoms. The Morgan fingerprint density at radius 2 is 1.65 bits per heavy atom. The molecule has 0 aromatic rings. The number of unbranched alkanes of at least 4 members (excludes halogenated alkanes) is 4. The number of ketones is 1. The number of piperidine rings is 1. The van der Waals surface area contributed by atoms with Crippen molar-refractivity contribution >= 4 is 11.7 Å². The number of hydrogen-bond acceptors (Lipinski definition) is 3. The third kappa shape index (κ3) is 7.63. The molecule has 0 atom stereocenters. The van der Waals surface area contributed by atoms with Crippen LogP contribution in [0.5, 0.6) is 0 Å². The molecule has 1 heterocycles. The lowest BCUT2D eigenvalue weighted by Crippen LogP contribution is -2.39. The van der Waals surface area contributed by atoms with Gasteiger partial charge in [-0.25, -0.2) is 0 Å². The first kappa shape index (κ1) is 17.2. The Morgan fingerprint density at radius 1 is 1.05 bits per heavy atom. The smallest absolute Gasteiger partial charge is 0.223 e. The third-order valence-corrected chi connectivity index (χ3v) is 4.09. The highest BCUT2D eigenvalue weighted by atomic mass is 16.1. The number of likely N-dealkylation sites (tertiary alicyclic amines) is 1. The van der Waals surface area contributed by atoms with Crippen LogP contribution in [0.15, 0.2) is 0 Å². The van der Waals surface area contributed by atoms with E-state index in [1.54, 1.807) is 6.92 Å². The summed E-state index contributed by atoms with van der Waals surface area (Å²) in [4.78, 5) is 25.0. The number of carbonyl (C=O) groups is 2. The van der Waals surface area contributed by atoms with E-state index >= 15 is 0 Å². The molecule has 0 radical (unpaired) electrons. The van der Waals surface area contributed by atoms with Crippen molar-refractivity contribution in [1.29, 1.82) is 0 Å². The fourth-order valence-corrected chi connectivity index (χ4v) is 2.66. The van der Waals surface area contributed by atoms with E-state index in [0.717, 1.165) is 64.6 Å². The maximum Gasteiger partial charge on any atom is 0.223 e. The topological polar surface area (TPSA) is 49.4 Å². The van der Waals surface area contributed by atoms with E-state index in [4.69, 9.17) is 0 Å². The number of amides is 1. The van der Waals surface area contributed by atoms with Gasteiger partial charge in [-0.2, -0.15) is 0 Å². The number of rotatable bonds is 9. The summed E-state index contributed by atoms with van der Waals surface area (Å²) < 4.78 is 0. The van der Waals surface area contributed by atoms with Crippen molar-refractivity contribution < 1.29 is 9.59 Å². The second-order valence-corrected chi connectivity index (χ2v) is 6.09. The molecule has 1 N–H and O–H groups in total. The van der Waals surface area contributed by atoms with Gasteiger partial charge in [0.25, 0.3) is 0 Å². The fourth-order valence-electron chi connectivity index (χ4n) is 2.66. The monoisotopic (exact) mass is 282 g/mol. The van der Waals surface area contributed by atoms with Crippen LogP contribution in [-0.2, 0) is 9.59 Å². The van der Waals surface area contributed by atoms with Gasteiger partial charge in [-0.05, 0) is 52.7 Å². The SMILES string of the molecule is CC(=O)CCCCCCCNC(=O)C1CCN(C)CC1. The van der Waals surface area contributed by atoms with E-state index in [-0.39, 0.29) is 17.6 Å². The number of carbonyl (C=O) groups excluding carboxylic acids is 2. The molecular formula is C16H30N2O2. The van der Waals surface area contributed by atoms with Crippen molar-refractivity contribution in [1.82, 2.24) is 10.2 Å². The van der Waals surface area contributed by atoms with E-state index in [0.29, 0.717) is 6.42 Å². The normalized spacial score (nSPS) is 17.1. The molecule has 0 aromatic heterocycles.